The number of oxazole rings is 1. The minimum Gasteiger partial charge on any atom is -0.504 e. The molecule has 1 unspecified atom stereocenters. The SMILES string of the molecule is Cc1nc2c(F)c(O)c(-c3ccc4nc(N5CCC(NC6CC6)C5)ccc4n3)cc2o1. The zero-order valence-electron chi connectivity index (χ0n) is 17.1. The number of hydrogen-bond donors (Lipinski definition) is 2. The number of fused-ring (bicyclic) bond motifs is 2. The van der Waals surface area contributed by atoms with Crippen molar-refractivity contribution in [1.82, 2.24) is 20.3 Å². The van der Waals surface area contributed by atoms with Gasteiger partial charge in [-0.15, -0.1) is 0 Å². The van der Waals surface area contributed by atoms with Crippen LogP contribution in [0.25, 0.3) is 33.4 Å². The predicted molar refractivity (Wildman–Crippen MR) is 116 cm³/mol. The van der Waals surface area contributed by atoms with Gasteiger partial charge < -0.3 is 19.7 Å². The Kier molecular flexibility index (Phi) is 4.11. The van der Waals surface area contributed by atoms with Crippen LogP contribution in [-0.4, -0.2) is 45.2 Å². The van der Waals surface area contributed by atoms with Crippen molar-refractivity contribution in [2.75, 3.05) is 18.0 Å². The van der Waals surface area contributed by atoms with Crippen molar-refractivity contribution in [1.29, 1.82) is 0 Å². The van der Waals surface area contributed by atoms with Crippen molar-refractivity contribution in [3.05, 3.63) is 42.0 Å². The number of hydrogen-bond acceptors (Lipinski definition) is 7. The van der Waals surface area contributed by atoms with E-state index in [0.717, 1.165) is 30.8 Å². The molecule has 4 aromatic rings. The third-order valence-electron chi connectivity index (χ3n) is 6.07. The highest BCUT2D eigenvalue weighted by atomic mass is 19.1. The Morgan fingerprint density at radius 3 is 2.71 bits per heavy atom. The van der Waals surface area contributed by atoms with E-state index < -0.39 is 11.6 Å². The third-order valence-corrected chi connectivity index (χ3v) is 6.07. The van der Waals surface area contributed by atoms with Crippen LogP contribution in [0.15, 0.2) is 34.7 Å². The lowest BCUT2D eigenvalue weighted by Crippen LogP contribution is -2.34. The van der Waals surface area contributed by atoms with Gasteiger partial charge in [-0.2, -0.15) is 0 Å². The molecule has 1 saturated carbocycles. The van der Waals surface area contributed by atoms with E-state index in [1.54, 1.807) is 19.1 Å². The van der Waals surface area contributed by atoms with Crippen LogP contribution in [-0.2, 0) is 0 Å². The van der Waals surface area contributed by atoms with E-state index in [1.807, 2.05) is 18.2 Å². The molecule has 1 aliphatic carbocycles. The second-order valence-corrected chi connectivity index (χ2v) is 8.44. The number of benzene rings is 1. The highest BCUT2D eigenvalue weighted by molar-refractivity contribution is 5.87. The van der Waals surface area contributed by atoms with E-state index >= 15 is 0 Å². The lowest BCUT2D eigenvalue weighted by molar-refractivity contribution is 0.437. The first-order valence-electron chi connectivity index (χ1n) is 10.6. The average Bonchev–Trinajstić information content (AvgIpc) is 3.32. The molecule has 6 rings (SSSR count). The highest BCUT2D eigenvalue weighted by Gasteiger charge is 2.29. The fourth-order valence-electron chi connectivity index (χ4n) is 4.34. The molecule has 8 heteroatoms. The van der Waals surface area contributed by atoms with Gasteiger partial charge in [-0.3, -0.25) is 0 Å². The van der Waals surface area contributed by atoms with Gasteiger partial charge in [0.05, 0.1) is 16.7 Å². The molecular formula is C23H22FN5O2. The molecule has 7 nitrogen and oxygen atoms in total. The quantitative estimate of drug-likeness (QED) is 0.518. The summed E-state index contributed by atoms with van der Waals surface area (Å²) in [6, 6.07) is 10.3. The van der Waals surface area contributed by atoms with Crippen LogP contribution in [0.3, 0.4) is 0 Å². The van der Waals surface area contributed by atoms with Crippen molar-refractivity contribution >= 4 is 28.0 Å². The molecule has 2 N–H and O–H groups in total. The normalized spacial score (nSPS) is 19.0. The zero-order valence-corrected chi connectivity index (χ0v) is 17.1. The number of phenolic OH excluding ortho intramolecular Hbond substituents is 1. The van der Waals surface area contributed by atoms with E-state index in [2.05, 4.69) is 20.2 Å². The van der Waals surface area contributed by atoms with E-state index in [4.69, 9.17) is 9.40 Å². The van der Waals surface area contributed by atoms with Gasteiger partial charge >= 0.3 is 0 Å². The number of phenols is 1. The molecule has 1 atom stereocenters. The Bertz CT molecular complexity index is 1320. The fraction of sp³-hybridized carbons (Fsp3) is 0.348. The molecule has 2 aliphatic rings. The number of pyridine rings is 2. The molecule has 2 fully saturated rings. The molecule has 0 radical (unpaired) electrons. The van der Waals surface area contributed by atoms with Crippen molar-refractivity contribution in [2.45, 2.75) is 38.3 Å². The molecule has 0 spiro atoms. The Hall–Kier alpha value is -3.26. The molecule has 158 valence electrons. The standard InChI is InChI=1S/C23H22FN5O2/c1-12-25-22-19(31-12)10-15(23(30)21(22)24)16-4-5-18-17(27-16)6-7-20(28-18)29-9-8-14(11-29)26-13-2-3-13/h4-7,10,13-14,26,30H,2-3,8-9,11H2,1H3. The van der Waals surface area contributed by atoms with Gasteiger partial charge in [-0.25, -0.2) is 19.3 Å². The number of aromatic hydroxyl groups is 1. The van der Waals surface area contributed by atoms with Gasteiger partial charge in [0.25, 0.3) is 0 Å². The van der Waals surface area contributed by atoms with Gasteiger partial charge in [0, 0.05) is 37.7 Å². The zero-order chi connectivity index (χ0) is 21.1. The topological polar surface area (TPSA) is 87.3 Å². The third kappa shape index (κ3) is 3.27. The van der Waals surface area contributed by atoms with Crippen LogP contribution in [0, 0.1) is 12.7 Å². The lowest BCUT2D eigenvalue weighted by atomic mass is 10.1. The number of anilines is 1. The molecular weight excluding hydrogens is 397 g/mol. The highest BCUT2D eigenvalue weighted by Crippen LogP contribution is 2.36. The average molecular weight is 419 g/mol. The molecule has 1 aliphatic heterocycles. The number of halogens is 1. The number of nitrogens with zero attached hydrogens (tertiary/aromatic N) is 4. The molecule has 3 aromatic heterocycles. The molecule has 4 heterocycles. The van der Waals surface area contributed by atoms with Crippen LogP contribution >= 0.6 is 0 Å². The second kappa shape index (κ2) is 6.88. The van der Waals surface area contributed by atoms with Crippen LogP contribution in [0.1, 0.15) is 25.2 Å². The summed E-state index contributed by atoms with van der Waals surface area (Å²) in [5.74, 6) is -0.00802. The summed E-state index contributed by atoms with van der Waals surface area (Å²) in [6.07, 6.45) is 3.71. The largest absolute Gasteiger partial charge is 0.504 e. The number of aryl methyl sites for hydroxylation is 1. The van der Waals surface area contributed by atoms with Crippen molar-refractivity contribution in [3.8, 4) is 17.0 Å². The fourth-order valence-corrected chi connectivity index (χ4v) is 4.34. The van der Waals surface area contributed by atoms with Crippen molar-refractivity contribution in [3.63, 3.8) is 0 Å². The van der Waals surface area contributed by atoms with Gasteiger partial charge in [0.1, 0.15) is 11.3 Å². The smallest absolute Gasteiger partial charge is 0.195 e. The van der Waals surface area contributed by atoms with Gasteiger partial charge in [-0.1, -0.05) is 0 Å². The second-order valence-electron chi connectivity index (χ2n) is 8.44. The summed E-state index contributed by atoms with van der Waals surface area (Å²) in [5.41, 5.74) is 2.45. The van der Waals surface area contributed by atoms with Crippen LogP contribution in [0.4, 0.5) is 10.2 Å². The maximum absolute atomic E-state index is 14.6. The van der Waals surface area contributed by atoms with Gasteiger partial charge in [0.15, 0.2) is 23.0 Å². The first-order chi connectivity index (χ1) is 15.0. The summed E-state index contributed by atoms with van der Waals surface area (Å²) >= 11 is 0. The number of rotatable bonds is 4. The molecule has 1 aromatic carbocycles. The van der Waals surface area contributed by atoms with Crippen LogP contribution in [0.2, 0.25) is 0 Å². The van der Waals surface area contributed by atoms with Crippen LogP contribution in [0.5, 0.6) is 5.75 Å². The Balaban J connectivity index is 1.32. The molecule has 31 heavy (non-hydrogen) atoms. The van der Waals surface area contributed by atoms with E-state index in [9.17, 15) is 9.50 Å². The van der Waals surface area contributed by atoms with Crippen molar-refractivity contribution in [2.24, 2.45) is 0 Å². The predicted octanol–water partition coefficient (Wildman–Crippen LogP) is 3.92. The first-order valence-corrected chi connectivity index (χ1v) is 10.6. The lowest BCUT2D eigenvalue weighted by Gasteiger charge is -2.18. The Morgan fingerprint density at radius 2 is 1.87 bits per heavy atom. The molecule has 1 saturated heterocycles. The van der Waals surface area contributed by atoms with E-state index in [0.29, 0.717) is 29.2 Å². The summed E-state index contributed by atoms with van der Waals surface area (Å²) in [5, 5.41) is 14.1. The Morgan fingerprint density at radius 1 is 1.06 bits per heavy atom. The van der Waals surface area contributed by atoms with E-state index in [1.165, 1.54) is 12.8 Å². The van der Waals surface area contributed by atoms with Crippen LogP contribution < -0.4 is 10.2 Å². The Labute approximate surface area is 177 Å². The summed E-state index contributed by atoms with van der Waals surface area (Å²) < 4.78 is 20.0. The monoisotopic (exact) mass is 419 g/mol. The minimum absolute atomic E-state index is 0.0194. The van der Waals surface area contributed by atoms with Gasteiger partial charge in [-0.05, 0) is 49.6 Å². The van der Waals surface area contributed by atoms with Gasteiger partial charge in [0.2, 0.25) is 0 Å². The maximum Gasteiger partial charge on any atom is 0.195 e. The van der Waals surface area contributed by atoms with E-state index in [-0.39, 0.29) is 16.7 Å². The maximum atomic E-state index is 14.6. The summed E-state index contributed by atoms with van der Waals surface area (Å²) in [6.45, 7) is 3.58. The minimum atomic E-state index is -0.803. The summed E-state index contributed by atoms with van der Waals surface area (Å²) in [4.78, 5) is 15.7. The first kappa shape index (κ1) is 18.5. The number of nitrogens with one attached hydrogen (secondary N) is 1. The summed E-state index contributed by atoms with van der Waals surface area (Å²) in [7, 11) is 0. The molecule has 0 amide bonds. The van der Waals surface area contributed by atoms with Crippen molar-refractivity contribution < 1.29 is 13.9 Å². The molecule has 0 bridgehead atoms. The number of aromatic nitrogens is 3.